The van der Waals surface area contributed by atoms with E-state index in [-0.39, 0.29) is 0 Å². The molecule has 0 rings (SSSR count). The Hall–Kier alpha value is -1.11. The molecule has 1 heteroatoms. The number of hydrogen-bond acceptors (Lipinski definition) is 1. The summed E-state index contributed by atoms with van der Waals surface area (Å²) < 4.78 is 0. The molecular formula is C9H13N. The van der Waals surface area contributed by atoms with Gasteiger partial charge in [0.1, 0.15) is 0 Å². The second kappa shape index (κ2) is 3.83. The van der Waals surface area contributed by atoms with Gasteiger partial charge in [-0.1, -0.05) is 25.3 Å². The van der Waals surface area contributed by atoms with Gasteiger partial charge in [0.05, 0.1) is 5.71 Å². The molecule has 0 radical (unpaired) electrons. The van der Waals surface area contributed by atoms with Crippen molar-refractivity contribution in [2.45, 2.75) is 13.8 Å². The number of hydrogen-bond donors (Lipinski definition) is 1. The van der Waals surface area contributed by atoms with Crippen molar-refractivity contribution in [2.24, 2.45) is 0 Å². The lowest BCUT2D eigenvalue weighted by atomic mass is 10.1. The molecule has 0 atom stereocenters. The monoisotopic (exact) mass is 135 g/mol. The summed E-state index contributed by atoms with van der Waals surface area (Å²) in [5, 5.41) is 7.40. The van der Waals surface area contributed by atoms with Gasteiger partial charge in [-0.05, 0) is 25.0 Å². The lowest BCUT2D eigenvalue weighted by Crippen LogP contribution is -1.97. The maximum absolute atomic E-state index is 7.40. The fourth-order valence-electron chi connectivity index (χ4n) is 0.559. The van der Waals surface area contributed by atoms with Crippen LogP contribution in [0.3, 0.4) is 0 Å². The van der Waals surface area contributed by atoms with E-state index in [9.17, 15) is 0 Å². The van der Waals surface area contributed by atoms with Gasteiger partial charge in [-0.15, -0.1) is 0 Å². The van der Waals surface area contributed by atoms with Crippen LogP contribution in [0.1, 0.15) is 13.8 Å². The van der Waals surface area contributed by atoms with Crippen LogP contribution < -0.4 is 0 Å². The second-order valence-electron chi connectivity index (χ2n) is 2.18. The van der Waals surface area contributed by atoms with E-state index in [0.29, 0.717) is 5.71 Å². The topological polar surface area (TPSA) is 23.9 Å². The molecule has 0 aromatic rings. The minimum atomic E-state index is 0.429. The van der Waals surface area contributed by atoms with Crippen LogP contribution in [0.15, 0.2) is 36.5 Å². The second-order valence-corrected chi connectivity index (χ2v) is 2.18. The van der Waals surface area contributed by atoms with E-state index in [0.717, 1.165) is 11.1 Å². The van der Waals surface area contributed by atoms with E-state index in [1.165, 1.54) is 0 Å². The third-order valence-electron chi connectivity index (χ3n) is 1.12. The highest BCUT2D eigenvalue weighted by molar-refractivity contribution is 6.10. The Morgan fingerprint density at radius 3 is 2.20 bits per heavy atom. The summed E-state index contributed by atoms with van der Waals surface area (Å²) in [4.78, 5) is 0. The molecule has 0 spiro atoms. The van der Waals surface area contributed by atoms with Gasteiger partial charge in [0, 0.05) is 0 Å². The summed E-state index contributed by atoms with van der Waals surface area (Å²) in [6.07, 6.45) is 3.66. The molecule has 0 heterocycles. The largest absolute Gasteiger partial charge is 0.300 e. The van der Waals surface area contributed by atoms with Crippen LogP contribution in [-0.2, 0) is 0 Å². The standard InChI is InChI=1S/C9H13N/c1-5-6-8(4)9(10)7(2)3/h5-6,10H,2,4H2,1,3H3/b6-5-,10-9?. The van der Waals surface area contributed by atoms with Gasteiger partial charge in [0.15, 0.2) is 0 Å². The van der Waals surface area contributed by atoms with E-state index < -0.39 is 0 Å². The molecule has 0 aromatic heterocycles. The van der Waals surface area contributed by atoms with Crippen molar-refractivity contribution in [3.63, 3.8) is 0 Å². The van der Waals surface area contributed by atoms with Gasteiger partial charge < -0.3 is 5.41 Å². The minimum absolute atomic E-state index is 0.429. The average Bonchev–Trinajstić information content (AvgIpc) is 1.87. The molecular weight excluding hydrogens is 122 g/mol. The smallest absolute Gasteiger partial charge is 0.0629 e. The van der Waals surface area contributed by atoms with Crippen LogP contribution in [0.2, 0.25) is 0 Å². The van der Waals surface area contributed by atoms with Crippen LogP contribution in [0, 0.1) is 5.41 Å². The Bertz CT molecular complexity index is 197. The molecule has 0 aromatic carbocycles. The first kappa shape index (κ1) is 8.89. The molecule has 0 saturated carbocycles. The highest BCUT2D eigenvalue weighted by atomic mass is 14.4. The van der Waals surface area contributed by atoms with Crippen LogP contribution >= 0.6 is 0 Å². The molecule has 0 amide bonds. The first-order chi connectivity index (χ1) is 4.59. The van der Waals surface area contributed by atoms with Crippen LogP contribution in [0.4, 0.5) is 0 Å². The molecule has 10 heavy (non-hydrogen) atoms. The molecule has 54 valence electrons. The highest BCUT2D eigenvalue weighted by Gasteiger charge is 1.97. The normalized spacial score (nSPS) is 9.80. The van der Waals surface area contributed by atoms with Gasteiger partial charge in [-0.25, -0.2) is 0 Å². The zero-order chi connectivity index (χ0) is 8.15. The summed E-state index contributed by atoms with van der Waals surface area (Å²) in [5.41, 5.74) is 1.90. The third-order valence-corrected chi connectivity index (χ3v) is 1.12. The summed E-state index contributed by atoms with van der Waals surface area (Å²) in [6, 6.07) is 0. The van der Waals surface area contributed by atoms with E-state index in [1.807, 2.05) is 13.0 Å². The fourth-order valence-corrected chi connectivity index (χ4v) is 0.559. The Kier molecular flexibility index (Phi) is 3.40. The number of rotatable bonds is 3. The molecule has 1 N–H and O–H groups in total. The number of allylic oxidation sites excluding steroid dienone is 4. The molecule has 0 saturated heterocycles. The predicted molar refractivity (Wildman–Crippen MR) is 46.5 cm³/mol. The zero-order valence-corrected chi connectivity index (χ0v) is 6.57. The Morgan fingerprint density at radius 2 is 1.90 bits per heavy atom. The van der Waals surface area contributed by atoms with E-state index in [1.54, 1.807) is 13.0 Å². The van der Waals surface area contributed by atoms with Gasteiger partial charge in [-0.2, -0.15) is 0 Å². The first-order valence-electron chi connectivity index (χ1n) is 3.16. The van der Waals surface area contributed by atoms with Crippen LogP contribution in [0.5, 0.6) is 0 Å². The van der Waals surface area contributed by atoms with Crippen molar-refractivity contribution in [3.8, 4) is 0 Å². The van der Waals surface area contributed by atoms with E-state index >= 15 is 0 Å². The third kappa shape index (κ3) is 2.44. The summed E-state index contributed by atoms with van der Waals surface area (Å²) in [6.45, 7) is 11.0. The minimum Gasteiger partial charge on any atom is -0.300 e. The summed E-state index contributed by atoms with van der Waals surface area (Å²) >= 11 is 0. The fraction of sp³-hybridized carbons (Fsp3) is 0.222. The maximum Gasteiger partial charge on any atom is 0.0629 e. The van der Waals surface area contributed by atoms with Crippen LogP contribution in [0.25, 0.3) is 0 Å². The van der Waals surface area contributed by atoms with Gasteiger partial charge in [0.25, 0.3) is 0 Å². The Morgan fingerprint density at radius 1 is 1.40 bits per heavy atom. The zero-order valence-electron chi connectivity index (χ0n) is 6.57. The van der Waals surface area contributed by atoms with Crippen molar-refractivity contribution < 1.29 is 0 Å². The Balaban J connectivity index is 4.23. The van der Waals surface area contributed by atoms with Gasteiger partial charge in [-0.3, -0.25) is 0 Å². The lowest BCUT2D eigenvalue weighted by Gasteiger charge is -1.99. The molecule has 0 aliphatic carbocycles. The van der Waals surface area contributed by atoms with Crippen molar-refractivity contribution >= 4 is 5.71 Å². The van der Waals surface area contributed by atoms with Crippen LogP contribution in [-0.4, -0.2) is 5.71 Å². The first-order valence-corrected chi connectivity index (χ1v) is 3.16. The van der Waals surface area contributed by atoms with Crippen molar-refractivity contribution in [1.29, 1.82) is 5.41 Å². The number of nitrogens with one attached hydrogen (secondary N) is 1. The van der Waals surface area contributed by atoms with E-state index in [2.05, 4.69) is 13.2 Å². The summed E-state index contributed by atoms with van der Waals surface area (Å²) in [5.74, 6) is 0. The van der Waals surface area contributed by atoms with Crippen molar-refractivity contribution in [2.75, 3.05) is 0 Å². The average molecular weight is 135 g/mol. The lowest BCUT2D eigenvalue weighted by molar-refractivity contribution is 1.45. The quantitative estimate of drug-likeness (QED) is 0.454. The molecule has 0 bridgehead atoms. The predicted octanol–water partition coefficient (Wildman–Crippen LogP) is 2.71. The summed E-state index contributed by atoms with van der Waals surface area (Å²) in [7, 11) is 0. The molecule has 0 unspecified atom stereocenters. The maximum atomic E-state index is 7.40. The van der Waals surface area contributed by atoms with Crippen molar-refractivity contribution in [1.82, 2.24) is 0 Å². The SMILES string of the molecule is C=C(C)C(=N)C(=C)/C=C\C. The van der Waals surface area contributed by atoms with Gasteiger partial charge >= 0.3 is 0 Å². The molecule has 0 aliphatic heterocycles. The van der Waals surface area contributed by atoms with E-state index in [4.69, 9.17) is 5.41 Å². The molecule has 1 nitrogen and oxygen atoms in total. The molecule has 0 aliphatic rings. The van der Waals surface area contributed by atoms with Gasteiger partial charge in [0.2, 0.25) is 0 Å². The van der Waals surface area contributed by atoms with Crippen molar-refractivity contribution in [3.05, 3.63) is 36.5 Å². The highest BCUT2D eigenvalue weighted by Crippen LogP contribution is 2.02. The Labute approximate surface area is 62.3 Å². The molecule has 0 fully saturated rings.